The summed E-state index contributed by atoms with van der Waals surface area (Å²) in [6, 6.07) is 7.01. The van der Waals surface area contributed by atoms with Gasteiger partial charge in [-0.25, -0.2) is 0 Å². The zero-order valence-electron chi connectivity index (χ0n) is 15.0. The predicted octanol–water partition coefficient (Wildman–Crippen LogP) is 1.82. The number of carbonyl (C=O) groups excluding carboxylic acids is 1. The number of amides is 1. The fraction of sp³-hybridized carbons (Fsp3) is 0.632. The molecule has 5 nitrogen and oxygen atoms in total. The Morgan fingerprint density at radius 2 is 2.00 bits per heavy atom. The lowest BCUT2D eigenvalue weighted by Crippen LogP contribution is -2.44. The summed E-state index contributed by atoms with van der Waals surface area (Å²) in [5, 5.41) is 3.12. The minimum absolute atomic E-state index is 0.0176. The predicted molar refractivity (Wildman–Crippen MR) is 96.4 cm³/mol. The number of hydrogen-bond donors (Lipinski definition) is 1. The Balaban J connectivity index is 1.79. The van der Waals surface area contributed by atoms with Crippen LogP contribution in [0.4, 0.5) is 5.69 Å². The second-order valence-electron chi connectivity index (χ2n) is 7.12. The van der Waals surface area contributed by atoms with E-state index in [4.69, 9.17) is 4.74 Å². The molecular weight excluding hydrogens is 302 g/mol. The number of nitrogens with zero attached hydrogens (tertiary/aromatic N) is 2. The molecule has 0 aliphatic carbocycles. The topological polar surface area (TPSA) is 44.8 Å². The third-order valence-electron chi connectivity index (χ3n) is 5.10. The summed E-state index contributed by atoms with van der Waals surface area (Å²) in [4.78, 5) is 16.8. The molecule has 0 radical (unpaired) electrons. The molecule has 1 amide bonds. The molecule has 2 aliphatic heterocycles. The van der Waals surface area contributed by atoms with Crippen molar-refractivity contribution in [2.45, 2.75) is 26.3 Å². The summed E-state index contributed by atoms with van der Waals surface area (Å²) in [5.41, 5.74) is 4.06. The molecule has 24 heavy (non-hydrogen) atoms. The summed E-state index contributed by atoms with van der Waals surface area (Å²) in [7, 11) is 2.15. The van der Waals surface area contributed by atoms with E-state index in [0.29, 0.717) is 6.54 Å². The van der Waals surface area contributed by atoms with Crippen LogP contribution in [0.2, 0.25) is 0 Å². The number of nitrogens with one attached hydrogen (secondary N) is 1. The van der Waals surface area contributed by atoms with E-state index in [1.807, 2.05) is 13.8 Å². The highest BCUT2D eigenvalue weighted by atomic mass is 16.5. The minimum atomic E-state index is 0.0176. The van der Waals surface area contributed by atoms with Crippen LogP contribution in [0.3, 0.4) is 0 Å². The molecule has 1 atom stereocenters. The number of benzene rings is 1. The van der Waals surface area contributed by atoms with Crippen LogP contribution in [-0.2, 0) is 16.0 Å². The molecule has 1 aromatic carbocycles. The third-order valence-corrected chi connectivity index (χ3v) is 5.10. The second-order valence-corrected chi connectivity index (χ2v) is 7.12. The van der Waals surface area contributed by atoms with Gasteiger partial charge in [0.15, 0.2) is 0 Å². The molecule has 0 saturated carbocycles. The van der Waals surface area contributed by atoms with E-state index in [-0.39, 0.29) is 17.9 Å². The van der Waals surface area contributed by atoms with Crippen LogP contribution in [0.25, 0.3) is 0 Å². The van der Waals surface area contributed by atoms with Crippen molar-refractivity contribution in [3.05, 3.63) is 29.3 Å². The van der Waals surface area contributed by atoms with Gasteiger partial charge >= 0.3 is 0 Å². The first kappa shape index (κ1) is 17.2. The lowest BCUT2D eigenvalue weighted by atomic mass is 10.00. The fourth-order valence-corrected chi connectivity index (χ4v) is 3.54. The van der Waals surface area contributed by atoms with Gasteiger partial charge in [-0.15, -0.1) is 0 Å². The Morgan fingerprint density at radius 3 is 2.71 bits per heavy atom. The molecule has 132 valence electrons. The van der Waals surface area contributed by atoms with Crippen LogP contribution in [0.1, 0.15) is 31.0 Å². The van der Waals surface area contributed by atoms with Crippen LogP contribution in [0.5, 0.6) is 0 Å². The quantitative estimate of drug-likeness (QED) is 0.894. The highest BCUT2D eigenvalue weighted by molar-refractivity contribution is 5.77. The zero-order valence-corrected chi connectivity index (χ0v) is 15.0. The molecule has 2 heterocycles. The first-order chi connectivity index (χ1) is 11.6. The van der Waals surface area contributed by atoms with Gasteiger partial charge < -0.3 is 15.0 Å². The van der Waals surface area contributed by atoms with Crippen LogP contribution in [0.15, 0.2) is 18.2 Å². The molecule has 0 aromatic heterocycles. The highest BCUT2D eigenvalue weighted by Crippen LogP contribution is 2.31. The lowest BCUT2D eigenvalue weighted by Gasteiger charge is -2.35. The standard InChI is InChI=1S/C19H29N3O2/c1-14(2)19(23)20-13-18(22-8-10-24-11-9-22)15-4-5-17-16(12-15)6-7-21(17)3/h4-5,12,14,18H,6-11,13H2,1-3H3,(H,20,23). The largest absolute Gasteiger partial charge is 0.379 e. The zero-order chi connectivity index (χ0) is 17.1. The number of carbonyl (C=O) groups is 1. The number of ether oxygens (including phenoxy) is 1. The number of hydrogen-bond acceptors (Lipinski definition) is 4. The van der Waals surface area contributed by atoms with Crippen LogP contribution in [-0.4, -0.2) is 57.2 Å². The monoisotopic (exact) mass is 331 g/mol. The molecule has 1 saturated heterocycles. The van der Waals surface area contributed by atoms with E-state index in [1.165, 1.54) is 16.8 Å². The van der Waals surface area contributed by atoms with Gasteiger partial charge in [-0.3, -0.25) is 9.69 Å². The molecule has 5 heteroatoms. The van der Waals surface area contributed by atoms with Crippen LogP contribution >= 0.6 is 0 Å². The van der Waals surface area contributed by atoms with Gasteiger partial charge in [0, 0.05) is 44.8 Å². The maximum atomic E-state index is 12.0. The summed E-state index contributed by atoms with van der Waals surface area (Å²) in [6.45, 7) is 8.98. The van der Waals surface area contributed by atoms with Gasteiger partial charge in [-0.1, -0.05) is 26.0 Å². The van der Waals surface area contributed by atoms with Gasteiger partial charge in [-0.2, -0.15) is 0 Å². The average molecular weight is 331 g/mol. The second kappa shape index (κ2) is 7.53. The number of fused-ring (bicyclic) bond motifs is 1. The summed E-state index contributed by atoms with van der Waals surface area (Å²) < 4.78 is 5.50. The van der Waals surface area contributed by atoms with Crippen LogP contribution < -0.4 is 10.2 Å². The molecule has 1 N–H and O–H groups in total. The molecule has 1 fully saturated rings. The van der Waals surface area contributed by atoms with Crippen molar-refractivity contribution in [3.63, 3.8) is 0 Å². The molecule has 3 rings (SSSR count). The summed E-state index contributed by atoms with van der Waals surface area (Å²) in [6.07, 6.45) is 1.11. The van der Waals surface area contributed by atoms with Crippen molar-refractivity contribution in [2.75, 3.05) is 51.3 Å². The smallest absolute Gasteiger partial charge is 0.222 e. The van der Waals surface area contributed by atoms with Crippen molar-refractivity contribution in [2.24, 2.45) is 5.92 Å². The molecule has 1 aromatic rings. The maximum absolute atomic E-state index is 12.0. The van der Waals surface area contributed by atoms with E-state index in [0.717, 1.165) is 39.3 Å². The average Bonchev–Trinajstić information content (AvgIpc) is 2.96. The van der Waals surface area contributed by atoms with Gasteiger partial charge in [-0.05, 0) is 23.6 Å². The first-order valence-electron chi connectivity index (χ1n) is 8.99. The Kier molecular flexibility index (Phi) is 5.41. The van der Waals surface area contributed by atoms with E-state index < -0.39 is 0 Å². The Bertz CT molecular complexity index is 582. The number of anilines is 1. The van der Waals surface area contributed by atoms with Crippen molar-refractivity contribution >= 4 is 11.6 Å². The summed E-state index contributed by atoms with van der Waals surface area (Å²) in [5.74, 6) is 0.137. The Morgan fingerprint density at radius 1 is 1.25 bits per heavy atom. The van der Waals surface area contributed by atoms with Crippen molar-refractivity contribution in [3.8, 4) is 0 Å². The van der Waals surface area contributed by atoms with Crippen molar-refractivity contribution in [1.82, 2.24) is 10.2 Å². The molecule has 1 unspecified atom stereocenters. The number of likely N-dealkylation sites (N-methyl/N-ethyl adjacent to an activating group) is 1. The van der Waals surface area contributed by atoms with E-state index in [1.54, 1.807) is 0 Å². The third kappa shape index (κ3) is 3.73. The van der Waals surface area contributed by atoms with E-state index in [9.17, 15) is 4.79 Å². The van der Waals surface area contributed by atoms with Crippen molar-refractivity contribution in [1.29, 1.82) is 0 Å². The molecular formula is C19H29N3O2. The SMILES string of the molecule is CC(C)C(=O)NCC(c1ccc2c(c1)CCN2C)N1CCOCC1. The van der Waals surface area contributed by atoms with E-state index in [2.05, 4.69) is 40.4 Å². The lowest BCUT2D eigenvalue weighted by molar-refractivity contribution is -0.124. The van der Waals surface area contributed by atoms with Gasteiger partial charge in [0.1, 0.15) is 0 Å². The Hall–Kier alpha value is -1.59. The molecule has 0 spiro atoms. The molecule has 2 aliphatic rings. The van der Waals surface area contributed by atoms with Gasteiger partial charge in [0.05, 0.1) is 19.3 Å². The fourth-order valence-electron chi connectivity index (χ4n) is 3.54. The minimum Gasteiger partial charge on any atom is -0.379 e. The van der Waals surface area contributed by atoms with Gasteiger partial charge in [0.2, 0.25) is 5.91 Å². The van der Waals surface area contributed by atoms with Crippen molar-refractivity contribution < 1.29 is 9.53 Å². The summed E-state index contributed by atoms with van der Waals surface area (Å²) >= 11 is 0. The first-order valence-corrected chi connectivity index (χ1v) is 8.99. The molecule has 0 bridgehead atoms. The normalized spacial score (nSPS) is 19.4. The Labute approximate surface area is 145 Å². The van der Waals surface area contributed by atoms with Crippen LogP contribution in [0, 0.1) is 5.92 Å². The maximum Gasteiger partial charge on any atom is 0.222 e. The highest BCUT2D eigenvalue weighted by Gasteiger charge is 2.25. The number of morpholine rings is 1. The number of rotatable bonds is 5. The van der Waals surface area contributed by atoms with E-state index >= 15 is 0 Å². The van der Waals surface area contributed by atoms with Gasteiger partial charge in [0.25, 0.3) is 0 Å².